The van der Waals surface area contributed by atoms with Crippen molar-refractivity contribution in [3.63, 3.8) is 0 Å². The van der Waals surface area contributed by atoms with Crippen molar-refractivity contribution in [2.75, 3.05) is 27.2 Å². The highest BCUT2D eigenvalue weighted by Crippen LogP contribution is 2.34. The number of hydrogen-bond acceptors (Lipinski definition) is 6. The lowest BCUT2D eigenvalue weighted by molar-refractivity contribution is -0.385. The summed E-state index contributed by atoms with van der Waals surface area (Å²) < 4.78 is 33.6. The second-order valence-electron chi connectivity index (χ2n) is 6.50. The van der Waals surface area contributed by atoms with E-state index in [4.69, 9.17) is 27.9 Å². The predicted octanol–water partition coefficient (Wildman–Crippen LogP) is 4.31. The zero-order valence-electron chi connectivity index (χ0n) is 15.9. The number of nitrogens with one attached hydrogen (secondary N) is 1. The molecule has 0 saturated carbocycles. The Kier molecular flexibility index (Phi) is 8.23. The lowest BCUT2D eigenvalue weighted by atomic mass is 10.3. The quantitative estimate of drug-likeness (QED) is 0.321. The lowest BCUT2D eigenvalue weighted by Crippen LogP contribution is -2.26. The highest BCUT2D eigenvalue weighted by Gasteiger charge is 2.23. The molecule has 2 rings (SSSR count). The van der Waals surface area contributed by atoms with Crippen LogP contribution in [0.1, 0.15) is 12.8 Å². The smallest absolute Gasteiger partial charge is 0.271 e. The second kappa shape index (κ2) is 10.2. The molecule has 0 spiro atoms. The van der Waals surface area contributed by atoms with Crippen molar-refractivity contribution in [2.24, 2.45) is 0 Å². The van der Waals surface area contributed by atoms with Crippen molar-refractivity contribution in [2.45, 2.75) is 17.7 Å². The molecule has 0 bridgehead atoms. The number of sulfonamides is 1. The Balaban J connectivity index is 2.29. The van der Waals surface area contributed by atoms with Crippen molar-refractivity contribution < 1.29 is 18.1 Å². The van der Waals surface area contributed by atoms with Crippen LogP contribution in [0.5, 0.6) is 11.5 Å². The van der Waals surface area contributed by atoms with Crippen molar-refractivity contribution in [3.8, 4) is 11.5 Å². The molecule has 0 aliphatic carbocycles. The summed E-state index contributed by atoms with van der Waals surface area (Å²) in [7, 11) is -0.188. The number of ether oxygens (including phenoxy) is 1. The highest BCUT2D eigenvalue weighted by molar-refractivity contribution is 7.89. The van der Waals surface area contributed by atoms with Crippen LogP contribution < -0.4 is 9.46 Å². The predicted molar refractivity (Wildman–Crippen MR) is 113 cm³/mol. The zero-order valence-corrected chi connectivity index (χ0v) is 18.2. The van der Waals surface area contributed by atoms with Crippen molar-refractivity contribution in [1.82, 2.24) is 9.62 Å². The largest absolute Gasteiger partial charge is 0.456 e. The summed E-state index contributed by atoms with van der Waals surface area (Å²) in [5.74, 6) is 0.133. The van der Waals surface area contributed by atoms with E-state index >= 15 is 0 Å². The van der Waals surface area contributed by atoms with Crippen LogP contribution in [0.4, 0.5) is 5.69 Å². The van der Waals surface area contributed by atoms with E-state index in [-0.39, 0.29) is 28.6 Å². The Morgan fingerprint density at radius 3 is 2.34 bits per heavy atom. The van der Waals surface area contributed by atoms with Gasteiger partial charge in [0, 0.05) is 28.7 Å². The van der Waals surface area contributed by atoms with Gasteiger partial charge in [-0.05, 0) is 57.7 Å². The van der Waals surface area contributed by atoms with Gasteiger partial charge in [-0.3, -0.25) is 10.1 Å². The first-order chi connectivity index (χ1) is 13.6. The molecule has 0 atom stereocenters. The van der Waals surface area contributed by atoms with Gasteiger partial charge >= 0.3 is 0 Å². The van der Waals surface area contributed by atoms with E-state index in [1.54, 1.807) is 0 Å². The fraction of sp³-hybridized carbons (Fsp3) is 0.333. The van der Waals surface area contributed by atoms with Crippen LogP contribution in [0.25, 0.3) is 0 Å². The van der Waals surface area contributed by atoms with Gasteiger partial charge in [-0.1, -0.05) is 23.2 Å². The Morgan fingerprint density at radius 1 is 1.10 bits per heavy atom. The van der Waals surface area contributed by atoms with E-state index in [1.165, 1.54) is 24.3 Å². The summed E-state index contributed by atoms with van der Waals surface area (Å²) in [6.45, 7) is 1.02. The Bertz CT molecular complexity index is 963. The SMILES string of the molecule is CN(C)CCCCNS(=O)(=O)c1cc([N+](=O)[O-])ccc1Oc1cc(Cl)cc(Cl)c1. The number of halogens is 2. The molecule has 0 aliphatic rings. The molecule has 0 heterocycles. The van der Waals surface area contributed by atoms with E-state index in [0.29, 0.717) is 16.5 Å². The molecule has 1 N–H and O–H groups in total. The molecule has 0 radical (unpaired) electrons. The number of nitrogens with zero attached hydrogens (tertiary/aromatic N) is 2. The number of hydrogen-bond donors (Lipinski definition) is 1. The molecule has 0 aliphatic heterocycles. The Hall–Kier alpha value is -1.91. The van der Waals surface area contributed by atoms with E-state index in [9.17, 15) is 18.5 Å². The molecule has 29 heavy (non-hydrogen) atoms. The molecule has 2 aromatic rings. The third kappa shape index (κ3) is 7.13. The minimum Gasteiger partial charge on any atom is -0.456 e. The third-order valence-corrected chi connectivity index (χ3v) is 5.73. The van der Waals surface area contributed by atoms with Gasteiger partial charge in [0.25, 0.3) is 5.69 Å². The fourth-order valence-corrected chi connectivity index (χ4v) is 4.18. The van der Waals surface area contributed by atoms with Gasteiger partial charge < -0.3 is 9.64 Å². The minimum atomic E-state index is -4.05. The minimum absolute atomic E-state index is 0.0743. The number of nitro groups is 1. The van der Waals surface area contributed by atoms with Crippen LogP contribution in [0, 0.1) is 10.1 Å². The van der Waals surface area contributed by atoms with Crippen LogP contribution in [-0.4, -0.2) is 45.4 Å². The van der Waals surface area contributed by atoms with E-state index in [2.05, 4.69) is 4.72 Å². The average Bonchev–Trinajstić information content (AvgIpc) is 2.60. The highest BCUT2D eigenvalue weighted by atomic mass is 35.5. The first-order valence-corrected chi connectivity index (χ1v) is 10.9. The molecule has 0 saturated heterocycles. The molecule has 0 aromatic heterocycles. The molecule has 2 aromatic carbocycles. The summed E-state index contributed by atoms with van der Waals surface area (Å²) in [5, 5.41) is 11.7. The maximum absolute atomic E-state index is 12.8. The molecular weight excluding hydrogens is 441 g/mol. The van der Waals surface area contributed by atoms with Gasteiger partial charge in [-0.2, -0.15) is 0 Å². The van der Waals surface area contributed by atoms with E-state index < -0.39 is 14.9 Å². The maximum Gasteiger partial charge on any atom is 0.271 e. The van der Waals surface area contributed by atoms with E-state index in [1.807, 2.05) is 19.0 Å². The average molecular weight is 462 g/mol. The zero-order chi connectivity index (χ0) is 21.6. The normalized spacial score (nSPS) is 11.6. The van der Waals surface area contributed by atoms with Gasteiger partial charge in [0.15, 0.2) is 0 Å². The number of non-ortho nitro benzene ring substituents is 1. The maximum atomic E-state index is 12.8. The van der Waals surface area contributed by atoms with Crippen LogP contribution in [0.2, 0.25) is 10.0 Å². The summed E-state index contributed by atoms with van der Waals surface area (Å²) in [6, 6.07) is 7.77. The van der Waals surface area contributed by atoms with Crippen molar-refractivity contribution in [3.05, 3.63) is 56.6 Å². The molecule has 11 heteroatoms. The number of nitro benzene ring substituents is 1. The van der Waals surface area contributed by atoms with Crippen LogP contribution in [-0.2, 0) is 10.0 Å². The lowest BCUT2D eigenvalue weighted by Gasteiger charge is -2.13. The molecule has 0 amide bonds. The van der Waals surface area contributed by atoms with Gasteiger partial charge in [-0.15, -0.1) is 0 Å². The summed E-state index contributed by atoms with van der Waals surface area (Å²) in [5.41, 5.74) is -0.366. The third-order valence-electron chi connectivity index (χ3n) is 3.82. The number of benzene rings is 2. The monoisotopic (exact) mass is 461 g/mol. The topological polar surface area (TPSA) is 102 Å². The Labute approximate surface area is 179 Å². The second-order valence-corrected chi connectivity index (χ2v) is 9.11. The first kappa shape index (κ1) is 23.4. The van der Waals surface area contributed by atoms with Gasteiger partial charge in [0.05, 0.1) is 4.92 Å². The molecule has 8 nitrogen and oxygen atoms in total. The van der Waals surface area contributed by atoms with E-state index in [0.717, 1.165) is 25.1 Å². The summed E-state index contributed by atoms with van der Waals surface area (Å²) in [4.78, 5) is 12.1. The van der Waals surface area contributed by atoms with Gasteiger partial charge in [-0.25, -0.2) is 13.1 Å². The number of rotatable bonds is 10. The molecular formula is C18H21Cl2N3O5S. The molecule has 0 unspecified atom stereocenters. The number of unbranched alkanes of at least 4 members (excludes halogenated alkanes) is 1. The Morgan fingerprint density at radius 2 is 1.76 bits per heavy atom. The van der Waals surface area contributed by atoms with Crippen LogP contribution in [0.15, 0.2) is 41.3 Å². The fourth-order valence-electron chi connectivity index (χ4n) is 2.46. The molecule has 0 fully saturated rings. The van der Waals surface area contributed by atoms with Crippen molar-refractivity contribution >= 4 is 38.9 Å². The van der Waals surface area contributed by atoms with Crippen molar-refractivity contribution in [1.29, 1.82) is 0 Å². The molecule has 158 valence electrons. The van der Waals surface area contributed by atoms with Crippen LogP contribution >= 0.6 is 23.2 Å². The standard InChI is InChI=1S/C18H21Cl2N3O5S/c1-22(2)8-4-3-7-21-29(26,27)18-12-15(23(24)25)5-6-17(18)28-16-10-13(19)9-14(20)11-16/h5-6,9-12,21H,3-4,7-8H2,1-2H3. The van der Waals surface area contributed by atoms with Gasteiger partial charge in [0.1, 0.15) is 16.4 Å². The first-order valence-electron chi connectivity index (χ1n) is 8.65. The summed E-state index contributed by atoms with van der Waals surface area (Å²) in [6.07, 6.45) is 1.42. The van der Waals surface area contributed by atoms with Gasteiger partial charge in [0.2, 0.25) is 10.0 Å². The summed E-state index contributed by atoms with van der Waals surface area (Å²) >= 11 is 11.9. The van der Waals surface area contributed by atoms with Crippen LogP contribution in [0.3, 0.4) is 0 Å².